The van der Waals surface area contributed by atoms with Gasteiger partial charge >= 0.3 is 0 Å². The Labute approximate surface area is 109 Å². The highest BCUT2D eigenvalue weighted by molar-refractivity contribution is 9.09. The molecule has 0 aliphatic carbocycles. The summed E-state index contributed by atoms with van der Waals surface area (Å²) < 4.78 is 5.09. The Bertz CT molecular complexity index is 314. The minimum Gasteiger partial charge on any atom is -0.383 e. The van der Waals surface area contributed by atoms with Gasteiger partial charge in [0.2, 0.25) is 0 Å². The van der Waals surface area contributed by atoms with Crippen LogP contribution in [0.25, 0.3) is 0 Å². The minimum absolute atomic E-state index is 0.700. The van der Waals surface area contributed by atoms with Crippen molar-refractivity contribution < 1.29 is 4.74 Å². The average molecular weight is 306 g/mol. The molecule has 0 bridgehead atoms. The zero-order chi connectivity index (χ0) is 11.8. The van der Waals surface area contributed by atoms with Crippen molar-refractivity contribution in [1.29, 1.82) is 0 Å². The lowest BCUT2D eigenvalue weighted by Crippen LogP contribution is -2.29. The molecular weight excluding hydrogens is 290 g/mol. The standard InChI is InChI=1S/C10H16BrN3OS/c1-15-6-5-14(4-3-11)9-7-10(16-2)13-8-12-9/h7-8H,3-6H2,1-2H3. The summed E-state index contributed by atoms with van der Waals surface area (Å²) in [6.45, 7) is 2.45. The van der Waals surface area contributed by atoms with Crippen LogP contribution in [-0.2, 0) is 4.74 Å². The molecule has 0 atom stereocenters. The van der Waals surface area contributed by atoms with Gasteiger partial charge in [0.25, 0.3) is 0 Å². The molecule has 0 N–H and O–H groups in total. The summed E-state index contributed by atoms with van der Waals surface area (Å²) >= 11 is 5.07. The summed E-state index contributed by atoms with van der Waals surface area (Å²) in [4.78, 5) is 10.6. The van der Waals surface area contributed by atoms with E-state index >= 15 is 0 Å². The van der Waals surface area contributed by atoms with Gasteiger partial charge in [0, 0.05) is 31.6 Å². The zero-order valence-corrected chi connectivity index (χ0v) is 11.9. The van der Waals surface area contributed by atoms with Crippen LogP contribution in [0.2, 0.25) is 0 Å². The minimum atomic E-state index is 0.700. The summed E-state index contributed by atoms with van der Waals surface area (Å²) in [5, 5.41) is 1.90. The molecule has 1 heterocycles. The maximum Gasteiger partial charge on any atom is 0.133 e. The van der Waals surface area contributed by atoms with Gasteiger partial charge in [0.05, 0.1) is 6.61 Å². The molecule has 0 amide bonds. The first-order valence-corrected chi connectivity index (χ1v) is 7.32. The van der Waals surface area contributed by atoms with E-state index in [1.54, 1.807) is 25.2 Å². The van der Waals surface area contributed by atoms with Crippen molar-refractivity contribution in [2.45, 2.75) is 5.03 Å². The van der Waals surface area contributed by atoms with Gasteiger partial charge < -0.3 is 9.64 Å². The number of hydrogen-bond acceptors (Lipinski definition) is 5. The Kier molecular flexibility index (Phi) is 6.75. The first-order chi connectivity index (χ1) is 7.81. The lowest BCUT2D eigenvalue weighted by atomic mass is 10.4. The van der Waals surface area contributed by atoms with Crippen molar-refractivity contribution in [3.63, 3.8) is 0 Å². The van der Waals surface area contributed by atoms with E-state index in [1.807, 2.05) is 12.3 Å². The van der Waals surface area contributed by atoms with Crippen LogP contribution in [0.3, 0.4) is 0 Å². The average Bonchev–Trinajstić information content (AvgIpc) is 2.34. The van der Waals surface area contributed by atoms with Gasteiger partial charge in [0.15, 0.2) is 0 Å². The van der Waals surface area contributed by atoms with Gasteiger partial charge in [-0.15, -0.1) is 11.8 Å². The number of alkyl halides is 1. The van der Waals surface area contributed by atoms with E-state index in [9.17, 15) is 0 Å². The fourth-order valence-corrected chi connectivity index (χ4v) is 2.06. The van der Waals surface area contributed by atoms with Crippen molar-refractivity contribution >= 4 is 33.5 Å². The Hall–Kier alpha value is -0.330. The summed E-state index contributed by atoms with van der Waals surface area (Å²) in [6.07, 6.45) is 3.62. The molecule has 1 aromatic heterocycles. The highest BCUT2D eigenvalue weighted by Gasteiger charge is 2.07. The summed E-state index contributed by atoms with van der Waals surface area (Å²) in [6, 6.07) is 2.00. The molecule has 0 aromatic carbocycles. The Morgan fingerprint density at radius 3 is 2.88 bits per heavy atom. The van der Waals surface area contributed by atoms with Crippen molar-refractivity contribution in [2.24, 2.45) is 0 Å². The van der Waals surface area contributed by atoms with E-state index in [1.165, 1.54) is 0 Å². The molecule has 0 fully saturated rings. The molecule has 0 radical (unpaired) electrons. The van der Waals surface area contributed by atoms with E-state index < -0.39 is 0 Å². The Morgan fingerprint density at radius 2 is 2.25 bits per heavy atom. The van der Waals surface area contributed by atoms with E-state index in [0.29, 0.717) is 6.61 Å². The second kappa shape index (κ2) is 7.86. The Morgan fingerprint density at radius 1 is 1.44 bits per heavy atom. The Balaban J connectivity index is 2.73. The molecule has 0 aliphatic heterocycles. The highest BCUT2D eigenvalue weighted by atomic mass is 79.9. The fraction of sp³-hybridized carbons (Fsp3) is 0.600. The van der Waals surface area contributed by atoms with E-state index in [-0.39, 0.29) is 0 Å². The molecule has 1 rings (SSSR count). The van der Waals surface area contributed by atoms with Gasteiger partial charge in [-0.3, -0.25) is 0 Å². The molecule has 0 spiro atoms. The molecule has 16 heavy (non-hydrogen) atoms. The van der Waals surface area contributed by atoms with Crippen molar-refractivity contribution in [3.8, 4) is 0 Å². The molecule has 0 saturated heterocycles. The van der Waals surface area contributed by atoms with Gasteiger partial charge in [-0.05, 0) is 6.26 Å². The number of rotatable bonds is 7. The maximum atomic E-state index is 5.09. The molecule has 0 saturated carbocycles. The van der Waals surface area contributed by atoms with Crippen LogP contribution < -0.4 is 4.90 Å². The lowest BCUT2D eigenvalue weighted by molar-refractivity contribution is 0.205. The van der Waals surface area contributed by atoms with Gasteiger partial charge in [-0.1, -0.05) is 15.9 Å². The molecular formula is C10H16BrN3OS. The second-order valence-corrected chi connectivity index (χ2v) is 4.71. The maximum absolute atomic E-state index is 5.09. The van der Waals surface area contributed by atoms with Crippen molar-refractivity contribution in [1.82, 2.24) is 9.97 Å². The van der Waals surface area contributed by atoms with Crippen LogP contribution in [0.4, 0.5) is 5.82 Å². The number of methoxy groups -OCH3 is 1. The van der Waals surface area contributed by atoms with E-state index in [2.05, 4.69) is 30.8 Å². The first kappa shape index (κ1) is 13.7. The van der Waals surface area contributed by atoms with Gasteiger partial charge in [0.1, 0.15) is 17.2 Å². The summed E-state index contributed by atoms with van der Waals surface area (Å²) in [7, 11) is 1.71. The van der Waals surface area contributed by atoms with Crippen LogP contribution in [0.1, 0.15) is 0 Å². The fourth-order valence-electron chi connectivity index (χ4n) is 1.26. The molecule has 1 aromatic rings. The van der Waals surface area contributed by atoms with Crippen LogP contribution in [0.5, 0.6) is 0 Å². The normalized spacial score (nSPS) is 10.4. The van der Waals surface area contributed by atoms with Crippen LogP contribution in [0, 0.1) is 0 Å². The molecule has 6 heteroatoms. The lowest BCUT2D eigenvalue weighted by Gasteiger charge is -2.22. The molecule has 90 valence electrons. The predicted molar refractivity (Wildman–Crippen MR) is 71.7 cm³/mol. The highest BCUT2D eigenvalue weighted by Crippen LogP contribution is 2.17. The molecule has 0 aliphatic rings. The van der Waals surface area contributed by atoms with Gasteiger partial charge in [-0.25, -0.2) is 9.97 Å². The van der Waals surface area contributed by atoms with Crippen LogP contribution in [-0.4, -0.2) is 48.4 Å². The molecule has 4 nitrogen and oxygen atoms in total. The topological polar surface area (TPSA) is 38.2 Å². The SMILES string of the molecule is COCCN(CCBr)c1cc(SC)ncn1. The summed E-state index contributed by atoms with van der Waals surface area (Å²) in [5.74, 6) is 0.954. The van der Waals surface area contributed by atoms with Gasteiger partial charge in [-0.2, -0.15) is 0 Å². The largest absolute Gasteiger partial charge is 0.383 e. The number of halogens is 1. The third kappa shape index (κ3) is 4.27. The smallest absolute Gasteiger partial charge is 0.133 e. The first-order valence-electron chi connectivity index (χ1n) is 4.97. The quantitative estimate of drug-likeness (QED) is 0.438. The zero-order valence-electron chi connectivity index (χ0n) is 9.52. The number of thioether (sulfide) groups is 1. The number of anilines is 1. The third-order valence-corrected chi connectivity index (χ3v) is 3.08. The van der Waals surface area contributed by atoms with Crippen molar-refractivity contribution in [2.75, 3.05) is 43.3 Å². The van der Waals surface area contributed by atoms with E-state index in [0.717, 1.165) is 29.3 Å². The number of nitrogens with zero attached hydrogens (tertiary/aromatic N) is 3. The van der Waals surface area contributed by atoms with E-state index in [4.69, 9.17) is 4.74 Å². The number of hydrogen-bond donors (Lipinski definition) is 0. The second-order valence-electron chi connectivity index (χ2n) is 3.09. The van der Waals surface area contributed by atoms with Crippen LogP contribution in [0.15, 0.2) is 17.4 Å². The van der Waals surface area contributed by atoms with Crippen LogP contribution >= 0.6 is 27.7 Å². The third-order valence-electron chi connectivity index (χ3n) is 2.08. The van der Waals surface area contributed by atoms with Crippen molar-refractivity contribution in [3.05, 3.63) is 12.4 Å². The number of aromatic nitrogens is 2. The molecule has 0 unspecified atom stereocenters. The number of ether oxygens (including phenoxy) is 1. The monoisotopic (exact) mass is 305 g/mol. The predicted octanol–water partition coefficient (Wildman–Crippen LogP) is 2.05. The summed E-state index contributed by atoms with van der Waals surface area (Å²) in [5.41, 5.74) is 0.